The van der Waals surface area contributed by atoms with Gasteiger partial charge in [0.15, 0.2) is 0 Å². The Hall–Kier alpha value is -1.18. The molecule has 1 N–H and O–H groups in total. The molecule has 0 aromatic heterocycles. The molecule has 28 heavy (non-hydrogen) atoms. The van der Waals surface area contributed by atoms with E-state index in [4.69, 9.17) is 4.74 Å². The van der Waals surface area contributed by atoms with Crippen LogP contribution in [0.3, 0.4) is 0 Å². The number of likely N-dealkylation sites (tertiary alicyclic amines) is 1. The van der Waals surface area contributed by atoms with Crippen molar-refractivity contribution in [3.05, 3.63) is 0 Å². The molecule has 2 amide bonds. The van der Waals surface area contributed by atoms with Gasteiger partial charge in [0, 0.05) is 38.3 Å². The molecule has 0 radical (unpaired) electrons. The first kappa shape index (κ1) is 21.5. The van der Waals surface area contributed by atoms with E-state index in [0.29, 0.717) is 19.2 Å². The molecule has 0 bridgehead atoms. The van der Waals surface area contributed by atoms with E-state index in [1.54, 1.807) is 0 Å². The number of nitrogens with one attached hydrogen (secondary N) is 1. The summed E-state index contributed by atoms with van der Waals surface area (Å²) in [7, 11) is 2.01. The van der Waals surface area contributed by atoms with E-state index in [-0.39, 0.29) is 23.9 Å². The summed E-state index contributed by atoms with van der Waals surface area (Å²) in [4.78, 5) is 31.7. The van der Waals surface area contributed by atoms with Crippen LogP contribution < -0.4 is 5.32 Å². The largest absolute Gasteiger partial charge is 0.378 e. The topological polar surface area (TPSA) is 65.1 Å². The molecule has 0 aromatic rings. The highest BCUT2D eigenvalue weighted by atomic mass is 16.5. The van der Waals surface area contributed by atoms with Crippen LogP contribution in [0.4, 0.5) is 0 Å². The summed E-state index contributed by atoms with van der Waals surface area (Å²) >= 11 is 0. The summed E-state index contributed by atoms with van der Waals surface area (Å²) in [5.41, 5.74) is 0. The second kappa shape index (κ2) is 10.0. The lowest BCUT2D eigenvalue weighted by Gasteiger charge is -2.43. The van der Waals surface area contributed by atoms with Crippen LogP contribution in [0.2, 0.25) is 0 Å². The molecule has 1 aliphatic carbocycles. The van der Waals surface area contributed by atoms with Gasteiger partial charge in [-0.25, -0.2) is 0 Å². The summed E-state index contributed by atoms with van der Waals surface area (Å²) in [6.45, 7) is 9.10. The van der Waals surface area contributed by atoms with E-state index in [2.05, 4.69) is 15.1 Å². The Labute approximate surface area is 169 Å². The second-order valence-electron chi connectivity index (χ2n) is 9.08. The van der Waals surface area contributed by atoms with Crippen molar-refractivity contribution in [2.75, 3.05) is 53.0 Å². The first-order valence-corrected chi connectivity index (χ1v) is 11.0. The molecule has 7 heteroatoms. The molecule has 7 nitrogen and oxygen atoms in total. The standard InChI is InChI=1S/C21H38N4O3/c1-16(2)22-20(26)14-23(3)18-7-9-24(10-8-18)21(27)19-15-28-12-11-25(19)13-17-5-4-6-17/h16-19H,4-15H2,1-3H3,(H,22,26). The molecule has 3 rings (SSSR count). The number of hydrogen-bond donors (Lipinski definition) is 1. The fourth-order valence-corrected chi connectivity index (χ4v) is 4.55. The van der Waals surface area contributed by atoms with Crippen LogP contribution in [0.25, 0.3) is 0 Å². The number of piperidine rings is 1. The third kappa shape index (κ3) is 5.67. The van der Waals surface area contributed by atoms with Crippen LogP contribution in [-0.2, 0) is 14.3 Å². The van der Waals surface area contributed by atoms with Crippen LogP contribution in [0.15, 0.2) is 0 Å². The SMILES string of the molecule is CC(C)NC(=O)CN(C)C1CCN(C(=O)C2COCCN2CC2CCC2)CC1. The highest BCUT2D eigenvalue weighted by Gasteiger charge is 2.36. The molecule has 2 heterocycles. The number of carbonyl (C=O) groups is 2. The van der Waals surface area contributed by atoms with Gasteiger partial charge in [0.2, 0.25) is 11.8 Å². The lowest BCUT2D eigenvalue weighted by molar-refractivity contribution is -0.145. The summed E-state index contributed by atoms with van der Waals surface area (Å²) in [6, 6.07) is 0.414. The van der Waals surface area contributed by atoms with Crippen LogP contribution in [0.1, 0.15) is 46.0 Å². The number of morpholine rings is 1. The zero-order valence-electron chi connectivity index (χ0n) is 17.9. The zero-order chi connectivity index (χ0) is 20.1. The molecular weight excluding hydrogens is 356 g/mol. The van der Waals surface area contributed by atoms with Crippen molar-refractivity contribution in [1.82, 2.24) is 20.0 Å². The zero-order valence-corrected chi connectivity index (χ0v) is 17.9. The van der Waals surface area contributed by atoms with Crippen LogP contribution in [0.5, 0.6) is 0 Å². The summed E-state index contributed by atoms with van der Waals surface area (Å²) in [5.74, 6) is 1.07. The first-order valence-electron chi connectivity index (χ1n) is 11.0. The molecular formula is C21H38N4O3. The van der Waals surface area contributed by atoms with Crippen LogP contribution in [0, 0.1) is 5.92 Å². The Balaban J connectivity index is 1.46. The highest BCUT2D eigenvalue weighted by Crippen LogP contribution is 2.28. The smallest absolute Gasteiger partial charge is 0.242 e. The van der Waals surface area contributed by atoms with Crippen molar-refractivity contribution in [3.63, 3.8) is 0 Å². The van der Waals surface area contributed by atoms with E-state index in [9.17, 15) is 9.59 Å². The van der Waals surface area contributed by atoms with Gasteiger partial charge in [0.05, 0.1) is 19.8 Å². The summed E-state index contributed by atoms with van der Waals surface area (Å²) < 4.78 is 5.65. The van der Waals surface area contributed by atoms with Crippen LogP contribution in [-0.4, -0.2) is 97.6 Å². The van der Waals surface area contributed by atoms with Crippen LogP contribution >= 0.6 is 0 Å². The monoisotopic (exact) mass is 394 g/mol. The lowest BCUT2D eigenvalue weighted by atomic mass is 9.84. The average molecular weight is 395 g/mol. The molecule has 3 fully saturated rings. The average Bonchev–Trinajstić information content (AvgIpc) is 2.64. The van der Waals surface area contributed by atoms with Gasteiger partial charge in [-0.05, 0) is 52.5 Å². The van der Waals surface area contributed by atoms with E-state index in [1.165, 1.54) is 19.3 Å². The maximum atomic E-state index is 13.2. The fourth-order valence-electron chi connectivity index (χ4n) is 4.55. The van der Waals surface area contributed by atoms with E-state index >= 15 is 0 Å². The Morgan fingerprint density at radius 3 is 2.46 bits per heavy atom. The number of rotatable bonds is 7. The molecule has 0 spiro atoms. The quantitative estimate of drug-likeness (QED) is 0.696. The van der Waals surface area contributed by atoms with Crippen molar-refractivity contribution in [2.45, 2.75) is 64.1 Å². The van der Waals surface area contributed by atoms with Gasteiger partial charge in [-0.3, -0.25) is 19.4 Å². The van der Waals surface area contributed by atoms with Crippen molar-refractivity contribution < 1.29 is 14.3 Å². The third-order valence-corrected chi connectivity index (χ3v) is 6.48. The van der Waals surface area contributed by atoms with E-state index < -0.39 is 0 Å². The minimum Gasteiger partial charge on any atom is -0.378 e. The van der Waals surface area contributed by atoms with Gasteiger partial charge < -0.3 is 15.0 Å². The Morgan fingerprint density at radius 1 is 1.14 bits per heavy atom. The number of hydrogen-bond acceptors (Lipinski definition) is 5. The van der Waals surface area contributed by atoms with Gasteiger partial charge in [0.25, 0.3) is 0 Å². The predicted molar refractivity (Wildman–Crippen MR) is 109 cm³/mol. The third-order valence-electron chi connectivity index (χ3n) is 6.48. The Bertz CT molecular complexity index is 530. The predicted octanol–water partition coefficient (Wildman–Crippen LogP) is 0.935. The minimum atomic E-state index is -0.111. The number of nitrogens with zero attached hydrogens (tertiary/aromatic N) is 3. The molecule has 1 saturated carbocycles. The van der Waals surface area contributed by atoms with Gasteiger partial charge in [-0.1, -0.05) is 6.42 Å². The maximum Gasteiger partial charge on any atom is 0.242 e. The molecule has 1 unspecified atom stereocenters. The molecule has 2 aliphatic heterocycles. The molecule has 0 aromatic carbocycles. The van der Waals surface area contributed by atoms with E-state index in [0.717, 1.165) is 51.5 Å². The molecule has 3 aliphatic rings. The van der Waals surface area contributed by atoms with Gasteiger partial charge in [-0.2, -0.15) is 0 Å². The molecule has 2 saturated heterocycles. The Kier molecular flexibility index (Phi) is 7.71. The summed E-state index contributed by atoms with van der Waals surface area (Å²) in [6.07, 6.45) is 5.80. The molecule has 160 valence electrons. The number of ether oxygens (including phenoxy) is 1. The highest BCUT2D eigenvalue weighted by molar-refractivity contribution is 5.82. The second-order valence-corrected chi connectivity index (χ2v) is 9.08. The van der Waals surface area contributed by atoms with Gasteiger partial charge in [-0.15, -0.1) is 0 Å². The maximum absolute atomic E-state index is 13.2. The fraction of sp³-hybridized carbons (Fsp3) is 0.905. The van der Waals surface area contributed by atoms with Gasteiger partial charge >= 0.3 is 0 Å². The van der Waals surface area contributed by atoms with E-state index in [1.807, 2.05) is 25.8 Å². The van der Waals surface area contributed by atoms with Crippen molar-refractivity contribution in [2.24, 2.45) is 5.92 Å². The first-order chi connectivity index (χ1) is 13.4. The number of carbonyl (C=O) groups excluding carboxylic acids is 2. The van der Waals surface area contributed by atoms with Gasteiger partial charge in [0.1, 0.15) is 6.04 Å². The minimum absolute atomic E-state index is 0.0713. The number of amides is 2. The normalized spacial score (nSPS) is 25.2. The number of likely N-dealkylation sites (N-methyl/N-ethyl adjacent to an activating group) is 1. The molecule has 1 atom stereocenters. The van der Waals surface area contributed by atoms with Crippen molar-refractivity contribution in [1.29, 1.82) is 0 Å². The van der Waals surface area contributed by atoms with Crippen molar-refractivity contribution in [3.8, 4) is 0 Å². The Morgan fingerprint density at radius 2 is 1.86 bits per heavy atom. The van der Waals surface area contributed by atoms with Crippen molar-refractivity contribution >= 4 is 11.8 Å². The summed E-state index contributed by atoms with van der Waals surface area (Å²) in [5, 5.41) is 2.95. The lowest BCUT2D eigenvalue weighted by Crippen LogP contribution is -2.58.